The Morgan fingerprint density at radius 2 is 1.93 bits per heavy atom. The van der Waals surface area contributed by atoms with E-state index in [4.69, 9.17) is 4.74 Å². The third-order valence-corrected chi connectivity index (χ3v) is 6.23. The maximum Gasteiger partial charge on any atom is 0.321 e. The number of likely N-dealkylation sites (tertiary alicyclic amines) is 1. The van der Waals surface area contributed by atoms with Crippen molar-refractivity contribution in [2.75, 3.05) is 25.5 Å². The predicted octanol–water partition coefficient (Wildman–Crippen LogP) is 3.49. The van der Waals surface area contributed by atoms with Gasteiger partial charge in [-0.15, -0.1) is 0 Å². The standard InChI is InChI=1S/C22H26N2O3/c1-15-6-5-9-18(27-2)20(15)23-21(26)24-12-10-22(11-13-24)17-8-4-3-7-16(17)14-19(22)25/h3-9,19,25H,10-14H2,1-2H3,(H,23,26). The summed E-state index contributed by atoms with van der Waals surface area (Å²) in [5.41, 5.74) is 3.98. The highest BCUT2D eigenvalue weighted by Crippen LogP contribution is 2.46. The number of carbonyl (C=O) groups is 1. The number of aliphatic hydroxyl groups is 1. The van der Waals surface area contributed by atoms with E-state index in [1.807, 2.05) is 42.2 Å². The molecule has 1 spiro atoms. The van der Waals surface area contributed by atoms with Crippen molar-refractivity contribution in [1.82, 2.24) is 4.90 Å². The molecule has 1 aliphatic carbocycles. The highest BCUT2D eigenvalue weighted by Gasteiger charge is 2.48. The van der Waals surface area contributed by atoms with E-state index in [0.717, 1.165) is 24.1 Å². The molecule has 0 aromatic heterocycles. The number of benzene rings is 2. The number of hydrogen-bond donors (Lipinski definition) is 2. The average Bonchev–Trinajstić information content (AvgIpc) is 2.95. The minimum absolute atomic E-state index is 0.113. The molecule has 5 nitrogen and oxygen atoms in total. The number of anilines is 1. The van der Waals surface area contributed by atoms with Crippen LogP contribution in [0.2, 0.25) is 0 Å². The molecule has 2 aromatic carbocycles. The fourth-order valence-corrected chi connectivity index (χ4v) is 4.64. The van der Waals surface area contributed by atoms with Gasteiger partial charge in [-0.05, 0) is 48.9 Å². The molecule has 2 aromatic rings. The van der Waals surface area contributed by atoms with Crippen LogP contribution in [0.1, 0.15) is 29.5 Å². The van der Waals surface area contributed by atoms with E-state index in [1.165, 1.54) is 11.1 Å². The van der Waals surface area contributed by atoms with Crippen molar-refractivity contribution in [1.29, 1.82) is 0 Å². The Bertz CT molecular complexity index is 856. The molecule has 2 N–H and O–H groups in total. The van der Waals surface area contributed by atoms with Gasteiger partial charge in [0.15, 0.2) is 0 Å². The molecule has 0 saturated carbocycles. The molecule has 1 fully saturated rings. The van der Waals surface area contributed by atoms with Crippen LogP contribution in [0.5, 0.6) is 5.75 Å². The van der Waals surface area contributed by atoms with E-state index in [2.05, 4.69) is 17.4 Å². The second-order valence-electron chi connectivity index (χ2n) is 7.60. The second-order valence-corrected chi connectivity index (χ2v) is 7.60. The van der Waals surface area contributed by atoms with Crippen LogP contribution >= 0.6 is 0 Å². The van der Waals surface area contributed by atoms with Gasteiger partial charge in [-0.25, -0.2) is 4.79 Å². The van der Waals surface area contributed by atoms with Crippen molar-refractivity contribution < 1.29 is 14.6 Å². The summed E-state index contributed by atoms with van der Waals surface area (Å²) in [5, 5.41) is 13.8. The summed E-state index contributed by atoms with van der Waals surface area (Å²) >= 11 is 0. The Hall–Kier alpha value is -2.53. The first kappa shape index (κ1) is 17.9. The summed E-state index contributed by atoms with van der Waals surface area (Å²) in [7, 11) is 1.61. The molecule has 5 heteroatoms. The fourth-order valence-electron chi connectivity index (χ4n) is 4.64. The molecule has 4 rings (SSSR count). The third-order valence-electron chi connectivity index (χ3n) is 6.23. The lowest BCUT2D eigenvalue weighted by Gasteiger charge is -2.42. The number of aryl methyl sites for hydroxylation is 1. The Labute approximate surface area is 160 Å². The number of methoxy groups -OCH3 is 1. The summed E-state index contributed by atoms with van der Waals surface area (Å²) in [4.78, 5) is 14.7. The average molecular weight is 366 g/mol. The number of nitrogens with zero attached hydrogens (tertiary/aromatic N) is 1. The smallest absolute Gasteiger partial charge is 0.321 e. The Balaban J connectivity index is 1.48. The normalized spacial score (nSPS) is 20.4. The van der Waals surface area contributed by atoms with Crippen LogP contribution in [0, 0.1) is 6.92 Å². The topological polar surface area (TPSA) is 61.8 Å². The number of hydrogen-bond acceptors (Lipinski definition) is 3. The molecular formula is C22H26N2O3. The lowest BCUT2D eigenvalue weighted by Crippen LogP contribution is -2.50. The van der Waals surface area contributed by atoms with Gasteiger partial charge in [0.1, 0.15) is 5.75 Å². The first-order valence-corrected chi connectivity index (χ1v) is 9.51. The molecule has 2 amide bonds. The first-order chi connectivity index (χ1) is 13.0. The van der Waals surface area contributed by atoms with E-state index < -0.39 is 0 Å². The van der Waals surface area contributed by atoms with Crippen molar-refractivity contribution in [3.05, 3.63) is 59.2 Å². The molecule has 2 aliphatic rings. The zero-order chi connectivity index (χ0) is 19.0. The highest BCUT2D eigenvalue weighted by atomic mass is 16.5. The minimum atomic E-state index is -0.364. The van der Waals surface area contributed by atoms with Gasteiger partial charge in [-0.2, -0.15) is 0 Å². The van der Waals surface area contributed by atoms with E-state index in [-0.39, 0.29) is 17.6 Å². The van der Waals surface area contributed by atoms with E-state index in [0.29, 0.717) is 25.3 Å². The molecule has 1 aliphatic heterocycles. The van der Waals surface area contributed by atoms with Crippen molar-refractivity contribution in [2.45, 2.75) is 37.7 Å². The number of ether oxygens (including phenoxy) is 1. The highest BCUT2D eigenvalue weighted by molar-refractivity contribution is 5.92. The number of piperidine rings is 1. The van der Waals surface area contributed by atoms with Crippen molar-refractivity contribution in [3.63, 3.8) is 0 Å². The summed E-state index contributed by atoms with van der Waals surface area (Å²) < 4.78 is 5.38. The fraction of sp³-hybridized carbons (Fsp3) is 0.409. The summed E-state index contributed by atoms with van der Waals surface area (Å²) in [6.07, 6.45) is 1.91. The van der Waals surface area contributed by atoms with Gasteiger partial charge in [0.2, 0.25) is 0 Å². The quantitative estimate of drug-likeness (QED) is 0.855. The number of fused-ring (bicyclic) bond motifs is 2. The minimum Gasteiger partial charge on any atom is -0.495 e. The van der Waals surface area contributed by atoms with Gasteiger partial charge in [0, 0.05) is 18.5 Å². The lowest BCUT2D eigenvalue weighted by molar-refractivity contribution is 0.0531. The molecule has 1 atom stereocenters. The second kappa shape index (κ2) is 6.89. The maximum atomic E-state index is 12.8. The Kier molecular flexibility index (Phi) is 4.56. The molecule has 142 valence electrons. The maximum absolute atomic E-state index is 12.8. The zero-order valence-corrected chi connectivity index (χ0v) is 15.9. The number of nitrogens with one attached hydrogen (secondary N) is 1. The van der Waals surface area contributed by atoms with Gasteiger partial charge >= 0.3 is 6.03 Å². The predicted molar refractivity (Wildman–Crippen MR) is 105 cm³/mol. The summed E-state index contributed by atoms with van der Waals surface area (Å²) in [6, 6.07) is 13.9. The number of rotatable bonds is 2. The lowest BCUT2D eigenvalue weighted by atomic mass is 9.72. The van der Waals surface area contributed by atoms with Gasteiger partial charge < -0.3 is 20.1 Å². The van der Waals surface area contributed by atoms with Crippen molar-refractivity contribution in [2.24, 2.45) is 0 Å². The molecule has 1 unspecified atom stereocenters. The van der Waals surface area contributed by atoms with Crippen LogP contribution < -0.4 is 10.1 Å². The van der Waals surface area contributed by atoms with Crippen molar-refractivity contribution >= 4 is 11.7 Å². The third kappa shape index (κ3) is 2.96. The first-order valence-electron chi connectivity index (χ1n) is 9.51. The molecule has 27 heavy (non-hydrogen) atoms. The Morgan fingerprint density at radius 1 is 1.19 bits per heavy atom. The molecule has 0 bridgehead atoms. The van der Waals surface area contributed by atoms with Crippen LogP contribution in [0.4, 0.5) is 10.5 Å². The number of aliphatic hydroxyl groups excluding tert-OH is 1. The number of para-hydroxylation sites is 1. The van der Waals surface area contributed by atoms with E-state index >= 15 is 0 Å². The van der Waals surface area contributed by atoms with Gasteiger partial charge in [-0.3, -0.25) is 0 Å². The molecule has 0 radical (unpaired) electrons. The number of urea groups is 1. The van der Waals surface area contributed by atoms with Gasteiger partial charge in [-0.1, -0.05) is 36.4 Å². The summed E-state index contributed by atoms with van der Waals surface area (Å²) in [6.45, 7) is 3.21. The van der Waals surface area contributed by atoms with E-state index in [9.17, 15) is 9.90 Å². The largest absolute Gasteiger partial charge is 0.495 e. The van der Waals surface area contributed by atoms with E-state index in [1.54, 1.807) is 7.11 Å². The number of amides is 2. The summed E-state index contributed by atoms with van der Waals surface area (Å²) in [5.74, 6) is 0.664. The monoisotopic (exact) mass is 366 g/mol. The van der Waals surface area contributed by atoms with Gasteiger partial charge in [0.25, 0.3) is 0 Å². The molecule has 1 heterocycles. The van der Waals surface area contributed by atoms with Crippen molar-refractivity contribution in [3.8, 4) is 5.75 Å². The SMILES string of the molecule is COc1cccc(C)c1NC(=O)N1CCC2(CC1)c1ccccc1CC2O. The van der Waals surface area contributed by atoms with Crippen LogP contribution in [0.3, 0.4) is 0 Å². The van der Waals surface area contributed by atoms with Crippen LogP contribution in [0.25, 0.3) is 0 Å². The Morgan fingerprint density at radius 3 is 2.67 bits per heavy atom. The van der Waals surface area contributed by atoms with Gasteiger partial charge in [0.05, 0.1) is 18.9 Å². The van der Waals surface area contributed by atoms with Crippen LogP contribution in [-0.2, 0) is 11.8 Å². The van der Waals surface area contributed by atoms with Crippen LogP contribution in [-0.4, -0.2) is 42.3 Å². The molecular weight excluding hydrogens is 340 g/mol. The molecule has 1 saturated heterocycles. The number of carbonyl (C=O) groups excluding carboxylic acids is 1. The van der Waals surface area contributed by atoms with Crippen LogP contribution in [0.15, 0.2) is 42.5 Å². The zero-order valence-electron chi connectivity index (χ0n) is 15.9.